The smallest absolute Gasteiger partial charge is 0.0547 e. The van der Waals surface area contributed by atoms with E-state index in [0.29, 0.717) is 0 Å². The summed E-state index contributed by atoms with van der Waals surface area (Å²) in [6, 6.07) is 62.0. The first-order valence-corrected chi connectivity index (χ1v) is 15.9. The van der Waals surface area contributed by atoms with Crippen molar-refractivity contribution in [3.63, 3.8) is 0 Å². The van der Waals surface area contributed by atoms with Crippen LogP contribution < -0.4 is 0 Å². The van der Waals surface area contributed by atoms with Gasteiger partial charge in [-0.3, -0.25) is 0 Å². The van der Waals surface area contributed by atoms with Gasteiger partial charge >= 0.3 is 0 Å². The SMILES string of the molecule is c1ccc(-n2c3ccc(-c4ccc5c(c4)c4c6ccccc6ccc4n5-c4ccccc4)cc3c3c4ccccc4ccc32)cc1. The maximum atomic E-state index is 2.41. The summed E-state index contributed by atoms with van der Waals surface area (Å²) in [7, 11) is 0. The van der Waals surface area contributed by atoms with Crippen LogP contribution in [0.5, 0.6) is 0 Å². The monoisotopic (exact) mass is 584 g/mol. The van der Waals surface area contributed by atoms with Gasteiger partial charge in [-0.25, -0.2) is 0 Å². The Balaban J connectivity index is 1.28. The lowest BCUT2D eigenvalue weighted by atomic mass is 9.98. The van der Waals surface area contributed by atoms with Gasteiger partial charge in [-0.1, -0.05) is 109 Å². The summed E-state index contributed by atoms with van der Waals surface area (Å²) in [5, 5.41) is 10.2. The van der Waals surface area contributed by atoms with Crippen LogP contribution in [-0.4, -0.2) is 9.13 Å². The molecular weight excluding hydrogens is 556 g/mol. The van der Waals surface area contributed by atoms with E-state index in [1.807, 2.05) is 0 Å². The number of hydrogen-bond acceptors (Lipinski definition) is 0. The third-order valence-corrected chi connectivity index (χ3v) is 9.67. The number of benzene rings is 8. The van der Waals surface area contributed by atoms with Crippen molar-refractivity contribution < 1.29 is 0 Å². The molecule has 0 aliphatic carbocycles. The van der Waals surface area contributed by atoms with Crippen LogP contribution in [0.2, 0.25) is 0 Å². The molecule has 0 saturated carbocycles. The van der Waals surface area contributed by atoms with Gasteiger partial charge in [0.05, 0.1) is 22.1 Å². The van der Waals surface area contributed by atoms with Gasteiger partial charge in [0, 0.05) is 32.9 Å². The molecule has 0 bridgehead atoms. The quantitative estimate of drug-likeness (QED) is 0.195. The molecule has 2 heteroatoms. The highest BCUT2D eigenvalue weighted by Gasteiger charge is 2.18. The summed E-state index contributed by atoms with van der Waals surface area (Å²) in [6.07, 6.45) is 0. The summed E-state index contributed by atoms with van der Waals surface area (Å²) < 4.78 is 4.81. The first-order valence-electron chi connectivity index (χ1n) is 15.9. The molecule has 2 aromatic heterocycles. The minimum atomic E-state index is 1.17. The second-order valence-electron chi connectivity index (χ2n) is 12.2. The molecule has 214 valence electrons. The van der Waals surface area contributed by atoms with Crippen molar-refractivity contribution in [2.75, 3.05) is 0 Å². The van der Waals surface area contributed by atoms with Crippen LogP contribution in [0.1, 0.15) is 0 Å². The fourth-order valence-corrected chi connectivity index (χ4v) is 7.65. The van der Waals surface area contributed by atoms with E-state index >= 15 is 0 Å². The van der Waals surface area contributed by atoms with E-state index in [1.165, 1.54) is 87.7 Å². The topological polar surface area (TPSA) is 9.86 Å². The fraction of sp³-hybridized carbons (Fsp3) is 0. The van der Waals surface area contributed by atoms with Crippen molar-refractivity contribution in [2.45, 2.75) is 0 Å². The molecule has 0 saturated heterocycles. The lowest BCUT2D eigenvalue weighted by Gasteiger charge is -2.09. The van der Waals surface area contributed by atoms with Gasteiger partial charge < -0.3 is 9.13 Å². The number of aromatic nitrogens is 2. The Bertz CT molecular complexity index is 2590. The second kappa shape index (κ2) is 9.69. The standard InChI is InChI=1S/C44H28N2/c1-3-13-33(14-4-1)45-39-23-21-31(27-37(39)43-35-17-9-7-11-29(35)19-25-41(43)45)32-22-24-40-38(28-32)44-36-18-10-8-12-30(36)20-26-42(44)46(40)34-15-5-2-6-16-34/h1-28H. The molecule has 0 radical (unpaired) electrons. The largest absolute Gasteiger partial charge is 0.309 e. The Hall–Kier alpha value is -6.12. The van der Waals surface area contributed by atoms with Crippen molar-refractivity contribution in [3.05, 3.63) is 170 Å². The van der Waals surface area contributed by atoms with Gasteiger partial charge in [0.1, 0.15) is 0 Å². The van der Waals surface area contributed by atoms with Gasteiger partial charge in [-0.15, -0.1) is 0 Å². The molecule has 46 heavy (non-hydrogen) atoms. The normalized spacial score (nSPS) is 11.9. The number of nitrogens with zero attached hydrogens (tertiary/aromatic N) is 2. The molecule has 0 spiro atoms. The summed E-state index contributed by atoms with van der Waals surface area (Å²) in [6.45, 7) is 0. The molecule has 0 aliphatic rings. The van der Waals surface area contributed by atoms with E-state index in [2.05, 4.69) is 179 Å². The summed E-state index contributed by atoms with van der Waals surface area (Å²) in [5.74, 6) is 0. The Labute approximate surface area is 266 Å². The van der Waals surface area contributed by atoms with E-state index in [9.17, 15) is 0 Å². The maximum absolute atomic E-state index is 2.41. The first-order chi connectivity index (χ1) is 22.8. The molecule has 8 aromatic carbocycles. The summed E-state index contributed by atoms with van der Waals surface area (Å²) >= 11 is 0. The Morgan fingerprint density at radius 2 is 0.674 bits per heavy atom. The van der Waals surface area contributed by atoms with Gasteiger partial charge in [-0.2, -0.15) is 0 Å². The van der Waals surface area contributed by atoms with Gasteiger partial charge in [-0.05, 0) is 93.3 Å². The van der Waals surface area contributed by atoms with Crippen molar-refractivity contribution in [2.24, 2.45) is 0 Å². The zero-order valence-corrected chi connectivity index (χ0v) is 25.1. The van der Waals surface area contributed by atoms with Crippen molar-refractivity contribution >= 4 is 65.2 Å². The van der Waals surface area contributed by atoms with E-state index in [-0.39, 0.29) is 0 Å². The van der Waals surface area contributed by atoms with Crippen LogP contribution in [-0.2, 0) is 0 Å². The Morgan fingerprint density at radius 3 is 1.13 bits per heavy atom. The highest BCUT2D eigenvalue weighted by atomic mass is 15.0. The molecule has 0 N–H and O–H groups in total. The van der Waals surface area contributed by atoms with E-state index in [1.54, 1.807) is 0 Å². The maximum Gasteiger partial charge on any atom is 0.0547 e. The molecule has 0 unspecified atom stereocenters. The molecule has 0 atom stereocenters. The zero-order valence-electron chi connectivity index (χ0n) is 25.1. The minimum absolute atomic E-state index is 1.17. The van der Waals surface area contributed by atoms with Crippen LogP contribution in [0, 0.1) is 0 Å². The van der Waals surface area contributed by atoms with Crippen LogP contribution in [0.25, 0.3) is 87.7 Å². The average Bonchev–Trinajstić information content (AvgIpc) is 3.65. The molecular formula is C44H28N2. The number of fused-ring (bicyclic) bond motifs is 10. The van der Waals surface area contributed by atoms with Crippen molar-refractivity contribution in [1.29, 1.82) is 0 Å². The second-order valence-corrected chi connectivity index (χ2v) is 12.2. The van der Waals surface area contributed by atoms with E-state index < -0.39 is 0 Å². The van der Waals surface area contributed by atoms with Gasteiger partial charge in [0.25, 0.3) is 0 Å². The third kappa shape index (κ3) is 3.59. The lowest BCUT2D eigenvalue weighted by molar-refractivity contribution is 1.18. The van der Waals surface area contributed by atoms with Crippen LogP contribution in [0.15, 0.2) is 170 Å². The van der Waals surface area contributed by atoms with Gasteiger partial charge in [0.2, 0.25) is 0 Å². The first kappa shape index (κ1) is 25.2. The molecule has 0 aliphatic heterocycles. The highest BCUT2D eigenvalue weighted by Crippen LogP contribution is 2.41. The zero-order chi connectivity index (χ0) is 30.2. The number of hydrogen-bond donors (Lipinski definition) is 0. The molecule has 0 amide bonds. The van der Waals surface area contributed by atoms with E-state index in [0.717, 1.165) is 0 Å². The predicted octanol–water partition coefficient (Wildman–Crippen LogP) is 11.9. The van der Waals surface area contributed by atoms with Crippen LogP contribution >= 0.6 is 0 Å². The number of rotatable bonds is 3. The predicted molar refractivity (Wildman–Crippen MR) is 196 cm³/mol. The Morgan fingerprint density at radius 1 is 0.283 bits per heavy atom. The molecule has 10 aromatic rings. The summed E-state index contributed by atoms with van der Waals surface area (Å²) in [4.78, 5) is 0. The molecule has 0 fully saturated rings. The molecule has 2 nitrogen and oxygen atoms in total. The van der Waals surface area contributed by atoms with Crippen LogP contribution in [0.4, 0.5) is 0 Å². The number of para-hydroxylation sites is 2. The molecule has 10 rings (SSSR count). The molecule has 2 heterocycles. The van der Waals surface area contributed by atoms with Crippen LogP contribution in [0.3, 0.4) is 0 Å². The summed E-state index contributed by atoms with van der Waals surface area (Å²) in [5.41, 5.74) is 9.67. The van der Waals surface area contributed by atoms with E-state index in [4.69, 9.17) is 0 Å². The third-order valence-electron chi connectivity index (χ3n) is 9.67. The lowest BCUT2D eigenvalue weighted by Crippen LogP contribution is -1.93. The Kier molecular flexibility index (Phi) is 5.31. The highest BCUT2D eigenvalue weighted by molar-refractivity contribution is 6.23. The van der Waals surface area contributed by atoms with Gasteiger partial charge in [0.15, 0.2) is 0 Å². The average molecular weight is 585 g/mol. The van der Waals surface area contributed by atoms with Crippen molar-refractivity contribution in [1.82, 2.24) is 9.13 Å². The minimum Gasteiger partial charge on any atom is -0.309 e. The van der Waals surface area contributed by atoms with Crippen molar-refractivity contribution in [3.8, 4) is 22.5 Å². The fourth-order valence-electron chi connectivity index (χ4n) is 7.65.